The number of hydrogen-bond acceptors (Lipinski definition) is 3. The molecule has 5 heteroatoms. The molecule has 0 spiro atoms. The van der Waals surface area contributed by atoms with Crippen LogP contribution in [-0.4, -0.2) is 27.2 Å². The summed E-state index contributed by atoms with van der Waals surface area (Å²) in [5, 5.41) is 7.21. The SMILES string of the molecule is O=C(NC[C@H]1C[C@H]2CC[C@H]1C2)c1ccc(Cn2cncn2)cc1. The molecular formula is C18H22N4O. The average Bonchev–Trinajstić information content (AvgIpc) is 3.31. The van der Waals surface area contributed by atoms with E-state index in [0.717, 1.165) is 29.5 Å². The van der Waals surface area contributed by atoms with Gasteiger partial charge in [-0.15, -0.1) is 0 Å². The number of nitrogens with zero attached hydrogens (tertiary/aromatic N) is 3. The first-order valence-electron chi connectivity index (χ1n) is 8.47. The van der Waals surface area contributed by atoms with Gasteiger partial charge in [0.15, 0.2) is 0 Å². The second-order valence-corrected chi connectivity index (χ2v) is 6.93. The maximum Gasteiger partial charge on any atom is 0.251 e. The molecule has 1 heterocycles. The maximum absolute atomic E-state index is 12.3. The number of amides is 1. The first-order chi connectivity index (χ1) is 11.3. The number of fused-ring (bicyclic) bond motifs is 2. The minimum absolute atomic E-state index is 0.0417. The Hall–Kier alpha value is -2.17. The van der Waals surface area contributed by atoms with Crippen molar-refractivity contribution in [2.24, 2.45) is 17.8 Å². The van der Waals surface area contributed by atoms with Crippen LogP contribution in [0.2, 0.25) is 0 Å². The van der Waals surface area contributed by atoms with Crippen molar-refractivity contribution in [3.8, 4) is 0 Å². The Bertz CT molecular complexity index is 665. The number of aromatic nitrogens is 3. The highest BCUT2D eigenvalue weighted by Gasteiger charge is 2.39. The van der Waals surface area contributed by atoms with Gasteiger partial charge in [0.25, 0.3) is 5.91 Å². The van der Waals surface area contributed by atoms with Gasteiger partial charge in [-0.1, -0.05) is 18.6 Å². The molecule has 2 aromatic rings. The molecule has 1 amide bonds. The molecule has 120 valence electrons. The minimum Gasteiger partial charge on any atom is -0.352 e. The molecule has 0 saturated heterocycles. The molecule has 1 aromatic carbocycles. The zero-order chi connectivity index (χ0) is 15.6. The lowest BCUT2D eigenvalue weighted by Gasteiger charge is -2.21. The van der Waals surface area contributed by atoms with Crippen molar-refractivity contribution in [1.82, 2.24) is 20.1 Å². The van der Waals surface area contributed by atoms with Crippen LogP contribution in [0.5, 0.6) is 0 Å². The van der Waals surface area contributed by atoms with Gasteiger partial charge < -0.3 is 5.32 Å². The quantitative estimate of drug-likeness (QED) is 0.923. The molecule has 23 heavy (non-hydrogen) atoms. The normalized spacial score (nSPS) is 25.7. The lowest BCUT2D eigenvalue weighted by molar-refractivity contribution is 0.0942. The minimum atomic E-state index is 0.0417. The Morgan fingerprint density at radius 1 is 1.22 bits per heavy atom. The van der Waals surface area contributed by atoms with Gasteiger partial charge in [-0.2, -0.15) is 5.10 Å². The molecule has 5 nitrogen and oxygen atoms in total. The number of hydrogen-bond donors (Lipinski definition) is 1. The summed E-state index contributed by atoms with van der Waals surface area (Å²) in [6, 6.07) is 7.74. The molecule has 1 N–H and O–H groups in total. The summed E-state index contributed by atoms with van der Waals surface area (Å²) in [6.45, 7) is 1.51. The van der Waals surface area contributed by atoms with E-state index in [9.17, 15) is 4.79 Å². The summed E-state index contributed by atoms with van der Waals surface area (Å²) < 4.78 is 1.77. The smallest absolute Gasteiger partial charge is 0.251 e. The Labute approximate surface area is 136 Å². The van der Waals surface area contributed by atoms with E-state index >= 15 is 0 Å². The Morgan fingerprint density at radius 3 is 2.74 bits per heavy atom. The first kappa shape index (κ1) is 14.4. The lowest BCUT2D eigenvalue weighted by Crippen LogP contribution is -2.31. The molecule has 0 unspecified atom stereocenters. The molecule has 2 fully saturated rings. The molecule has 2 aliphatic rings. The summed E-state index contributed by atoms with van der Waals surface area (Å²) in [6.07, 6.45) is 8.68. The molecule has 0 radical (unpaired) electrons. The van der Waals surface area contributed by atoms with Crippen LogP contribution in [0.25, 0.3) is 0 Å². The van der Waals surface area contributed by atoms with Crippen LogP contribution in [0.3, 0.4) is 0 Å². The highest BCUT2D eigenvalue weighted by Crippen LogP contribution is 2.47. The van der Waals surface area contributed by atoms with Gasteiger partial charge in [-0.3, -0.25) is 4.79 Å². The maximum atomic E-state index is 12.3. The zero-order valence-corrected chi connectivity index (χ0v) is 13.2. The topological polar surface area (TPSA) is 59.8 Å². The number of nitrogens with one attached hydrogen (secondary N) is 1. The monoisotopic (exact) mass is 310 g/mol. The van der Waals surface area contributed by atoms with Crippen LogP contribution in [0.15, 0.2) is 36.9 Å². The van der Waals surface area contributed by atoms with Crippen molar-refractivity contribution in [3.05, 3.63) is 48.0 Å². The third kappa shape index (κ3) is 3.14. The van der Waals surface area contributed by atoms with E-state index in [1.54, 1.807) is 11.0 Å². The lowest BCUT2D eigenvalue weighted by atomic mass is 9.89. The van der Waals surface area contributed by atoms with Gasteiger partial charge in [0, 0.05) is 12.1 Å². The molecule has 3 atom stereocenters. The Balaban J connectivity index is 1.31. The van der Waals surface area contributed by atoms with E-state index in [4.69, 9.17) is 0 Å². The highest BCUT2D eigenvalue weighted by atomic mass is 16.1. The Morgan fingerprint density at radius 2 is 2.09 bits per heavy atom. The van der Waals surface area contributed by atoms with E-state index in [2.05, 4.69) is 15.4 Å². The van der Waals surface area contributed by atoms with E-state index in [0.29, 0.717) is 12.5 Å². The molecule has 2 bridgehead atoms. The molecule has 2 saturated carbocycles. The van der Waals surface area contributed by atoms with E-state index < -0.39 is 0 Å². The van der Waals surface area contributed by atoms with Crippen molar-refractivity contribution < 1.29 is 4.79 Å². The fourth-order valence-electron chi connectivity index (χ4n) is 4.22. The van der Waals surface area contributed by atoms with E-state index in [1.165, 1.54) is 32.0 Å². The summed E-state index contributed by atoms with van der Waals surface area (Å²) in [7, 11) is 0. The molecule has 0 aliphatic heterocycles. The standard InChI is InChI=1S/C18H22N4O/c23-18(20-9-17-8-14-3-6-16(17)7-14)15-4-1-13(2-5-15)10-22-12-19-11-21-22/h1-2,4-5,11-12,14,16-17H,3,6-10H2,(H,20,23)/t14-,16-,17+/m0/s1. The summed E-state index contributed by atoms with van der Waals surface area (Å²) in [4.78, 5) is 16.2. The Kier molecular flexibility index (Phi) is 3.85. The fraction of sp³-hybridized carbons (Fsp3) is 0.500. The predicted molar refractivity (Wildman–Crippen MR) is 86.8 cm³/mol. The van der Waals surface area contributed by atoms with Crippen molar-refractivity contribution >= 4 is 5.91 Å². The van der Waals surface area contributed by atoms with Crippen LogP contribution in [0, 0.1) is 17.8 Å². The van der Waals surface area contributed by atoms with Crippen molar-refractivity contribution in [2.45, 2.75) is 32.2 Å². The number of benzene rings is 1. The molecular weight excluding hydrogens is 288 g/mol. The van der Waals surface area contributed by atoms with E-state index in [1.807, 2.05) is 24.3 Å². The van der Waals surface area contributed by atoms with Crippen LogP contribution in [0.4, 0.5) is 0 Å². The van der Waals surface area contributed by atoms with Crippen molar-refractivity contribution in [2.75, 3.05) is 6.54 Å². The second kappa shape index (κ2) is 6.14. The molecule has 2 aliphatic carbocycles. The second-order valence-electron chi connectivity index (χ2n) is 6.93. The largest absolute Gasteiger partial charge is 0.352 e. The summed E-state index contributed by atoms with van der Waals surface area (Å²) >= 11 is 0. The van der Waals surface area contributed by atoms with Gasteiger partial charge in [0.2, 0.25) is 0 Å². The van der Waals surface area contributed by atoms with Gasteiger partial charge in [0.1, 0.15) is 12.7 Å². The molecule has 1 aromatic heterocycles. The summed E-state index contributed by atoms with van der Waals surface area (Å²) in [5.74, 6) is 2.52. The highest BCUT2D eigenvalue weighted by molar-refractivity contribution is 5.94. The predicted octanol–water partition coefficient (Wildman–Crippen LogP) is 2.49. The van der Waals surface area contributed by atoms with Gasteiger partial charge in [-0.25, -0.2) is 9.67 Å². The molecule has 4 rings (SSSR count). The number of rotatable bonds is 5. The fourth-order valence-corrected chi connectivity index (χ4v) is 4.22. The third-order valence-electron chi connectivity index (χ3n) is 5.44. The zero-order valence-electron chi connectivity index (χ0n) is 13.2. The van der Waals surface area contributed by atoms with Gasteiger partial charge in [0.05, 0.1) is 6.54 Å². The number of carbonyl (C=O) groups is 1. The van der Waals surface area contributed by atoms with Crippen LogP contribution in [-0.2, 0) is 6.54 Å². The van der Waals surface area contributed by atoms with Crippen LogP contribution in [0.1, 0.15) is 41.6 Å². The number of carbonyl (C=O) groups excluding carboxylic acids is 1. The van der Waals surface area contributed by atoms with Crippen LogP contribution >= 0.6 is 0 Å². The summed E-state index contributed by atoms with van der Waals surface area (Å²) in [5.41, 5.74) is 1.84. The van der Waals surface area contributed by atoms with E-state index in [-0.39, 0.29) is 5.91 Å². The third-order valence-corrected chi connectivity index (χ3v) is 5.44. The van der Waals surface area contributed by atoms with Crippen LogP contribution < -0.4 is 5.32 Å². The van der Waals surface area contributed by atoms with Gasteiger partial charge >= 0.3 is 0 Å². The van der Waals surface area contributed by atoms with Gasteiger partial charge in [-0.05, 0) is 54.7 Å². The average molecular weight is 310 g/mol. The van der Waals surface area contributed by atoms with Crippen molar-refractivity contribution in [1.29, 1.82) is 0 Å². The first-order valence-corrected chi connectivity index (χ1v) is 8.47. The van der Waals surface area contributed by atoms with Crippen molar-refractivity contribution in [3.63, 3.8) is 0 Å².